The van der Waals surface area contributed by atoms with Crippen molar-refractivity contribution in [1.29, 1.82) is 0 Å². The number of nitrogens with one attached hydrogen (secondary N) is 1. The first-order valence-corrected chi connectivity index (χ1v) is 10.4. The standard InChI is InChI=1S/C21H30N4O3/c1-24-10-6-5-9-18(24)19(26)22-12-14-11-16-17(23-20(14)28-2)13-25(21(16)27)15-7-3-4-8-15/h11,15,18H,3-10,12-13H2,1-2H3,(H,22,26)/t18-/m0/s1. The largest absolute Gasteiger partial charge is 0.481 e. The molecule has 1 atom stereocenters. The molecule has 3 heterocycles. The van der Waals surface area contributed by atoms with Crippen molar-refractivity contribution in [2.24, 2.45) is 0 Å². The van der Waals surface area contributed by atoms with E-state index >= 15 is 0 Å². The number of likely N-dealkylation sites (tertiary alicyclic amines) is 1. The van der Waals surface area contributed by atoms with Gasteiger partial charge in [0, 0.05) is 18.2 Å². The molecule has 1 saturated carbocycles. The van der Waals surface area contributed by atoms with Crippen LogP contribution in [-0.2, 0) is 17.9 Å². The van der Waals surface area contributed by atoms with Crippen molar-refractivity contribution in [2.45, 2.75) is 70.1 Å². The Kier molecular flexibility index (Phi) is 5.53. The highest BCUT2D eigenvalue weighted by molar-refractivity contribution is 5.98. The monoisotopic (exact) mass is 386 g/mol. The molecule has 7 nitrogen and oxygen atoms in total. The summed E-state index contributed by atoms with van der Waals surface area (Å²) in [4.78, 5) is 34.2. The summed E-state index contributed by atoms with van der Waals surface area (Å²) in [5, 5.41) is 3.02. The number of methoxy groups -OCH3 is 1. The summed E-state index contributed by atoms with van der Waals surface area (Å²) < 4.78 is 5.46. The molecule has 0 bridgehead atoms. The van der Waals surface area contributed by atoms with Crippen LogP contribution in [0.25, 0.3) is 0 Å². The fourth-order valence-electron chi connectivity index (χ4n) is 4.79. The van der Waals surface area contributed by atoms with Gasteiger partial charge in [-0.25, -0.2) is 4.98 Å². The van der Waals surface area contributed by atoms with Gasteiger partial charge >= 0.3 is 0 Å². The first-order valence-electron chi connectivity index (χ1n) is 10.4. The third-order valence-corrected chi connectivity index (χ3v) is 6.44. The number of hydrogen-bond acceptors (Lipinski definition) is 5. The smallest absolute Gasteiger partial charge is 0.256 e. The Morgan fingerprint density at radius 2 is 2.00 bits per heavy atom. The molecule has 1 N–H and O–H groups in total. The molecule has 1 saturated heterocycles. The highest BCUT2D eigenvalue weighted by Gasteiger charge is 2.36. The SMILES string of the molecule is COc1nc2c(cc1CNC(=O)[C@@H]1CCCCN1C)C(=O)N(C1CCCC1)C2. The number of ether oxygens (including phenoxy) is 1. The second-order valence-electron chi connectivity index (χ2n) is 8.23. The minimum absolute atomic E-state index is 0.0312. The molecule has 1 aliphatic carbocycles. The molecule has 2 fully saturated rings. The van der Waals surface area contributed by atoms with Crippen LogP contribution in [0.3, 0.4) is 0 Å². The van der Waals surface area contributed by atoms with Crippen LogP contribution in [0.15, 0.2) is 6.07 Å². The maximum atomic E-state index is 12.9. The summed E-state index contributed by atoms with van der Waals surface area (Å²) >= 11 is 0. The van der Waals surface area contributed by atoms with Crippen LogP contribution in [0.5, 0.6) is 5.88 Å². The molecular formula is C21H30N4O3. The number of nitrogens with zero attached hydrogens (tertiary/aromatic N) is 3. The van der Waals surface area contributed by atoms with Gasteiger partial charge in [-0.15, -0.1) is 0 Å². The van der Waals surface area contributed by atoms with Crippen LogP contribution in [0.1, 0.15) is 66.6 Å². The van der Waals surface area contributed by atoms with Crippen molar-refractivity contribution in [3.8, 4) is 5.88 Å². The summed E-state index contributed by atoms with van der Waals surface area (Å²) in [6, 6.07) is 2.11. The minimum atomic E-state index is -0.0818. The molecule has 0 aromatic carbocycles. The van der Waals surface area contributed by atoms with Gasteiger partial charge in [-0.05, 0) is 45.3 Å². The van der Waals surface area contributed by atoms with Gasteiger partial charge in [-0.1, -0.05) is 19.3 Å². The summed E-state index contributed by atoms with van der Waals surface area (Å²) in [7, 11) is 3.58. The zero-order valence-electron chi connectivity index (χ0n) is 16.9. The third-order valence-electron chi connectivity index (χ3n) is 6.44. The van der Waals surface area contributed by atoms with E-state index < -0.39 is 0 Å². The predicted molar refractivity (Wildman–Crippen MR) is 105 cm³/mol. The van der Waals surface area contributed by atoms with E-state index in [9.17, 15) is 9.59 Å². The lowest BCUT2D eigenvalue weighted by atomic mass is 10.0. The maximum Gasteiger partial charge on any atom is 0.256 e. The van der Waals surface area contributed by atoms with E-state index in [1.165, 1.54) is 12.8 Å². The quantitative estimate of drug-likeness (QED) is 0.839. The van der Waals surface area contributed by atoms with Gasteiger partial charge in [-0.2, -0.15) is 0 Å². The normalized spacial score (nSPS) is 23.1. The molecular weight excluding hydrogens is 356 g/mol. The number of likely N-dealkylation sites (N-methyl/N-ethyl adjacent to an activating group) is 1. The number of fused-ring (bicyclic) bond motifs is 1. The van der Waals surface area contributed by atoms with Crippen molar-refractivity contribution in [1.82, 2.24) is 20.1 Å². The number of pyridine rings is 1. The fraction of sp³-hybridized carbons (Fsp3) is 0.667. The fourth-order valence-corrected chi connectivity index (χ4v) is 4.79. The Hall–Kier alpha value is -2.15. The maximum absolute atomic E-state index is 12.9. The third kappa shape index (κ3) is 3.60. The number of amides is 2. The van der Waals surface area contributed by atoms with Crippen molar-refractivity contribution in [2.75, 3.05) is 20.7 Å². The Morgan fingerprint density at radius 1 is 1.25 bits per heavy atom. The van der Waals surface area contributed by atoms with Crippen LogP contribution < -0.4 is 10.1 Å². The zero-order chi connectivity index (χ0) is 19.7. The molecule has 0 spiro atoms. The highest BCUT2D eigenvalue weighted by Crippen LogP contribution is 2.33. The minimum Gasteiger partial charge on any atom is -0.481 e. The van der Waals surface area contributed by atoms with Crippen LogP contribution in [0, 0.1) is 0 Å². The van der Waals surface area contributed by atoms with Crippen molar-refractivity contribution in [3.63, 3.8) is 0 Å². The molecule has 3 aliphatic rings. The molecule has 2 aliphatic heterocycles. The van der Waals surface area contributed by atoms with Gasteiger partial charge < -0.3 is 15.0 Å². The summed E-state index contributed by atoms with van der Waals surface area (Å²) in [6.45, 7) is 1.84. The average Bonchev–Trinajstić information content (AvgIpc) is 3.34. The molecule has 7 heteroatoms. The summed E-state index contributed by atoms with van der Waals surface area (Å²) in [5.41, 5.74) is 2.21. The molecule has 152 valence electrons. The lowest BCUT2D eigenvalue weighted by Crippen LogP contribution is -2.47. The van der Waals surface area contributed by atoms with Crippen LogP contribution in [-0.4, -0.2) is 59.4 Å². The number of carbonyl (C=O) groups is 2. The Bertz CT molecular complexity index is 760. The van der Waals surface area contributed by atoms with E-state index in [4.69, 9.17) is 4.74 Å². The molecule has 0 radical (unpaired) electrons. The second kappa shape index (κ2) is 8.07. The lowest BCUT2D eigenvalue weighted by molar-refractivity contribution is -0.127. The first-order chi connectivity index (χ1) is 13.6. The molecule has 1 aromatic heterocycles. The van der Waals surface area contributed by atoms with E-state index in [1.54, 1.807) is 7.11 Å². The molecule has 28 heavy (non-hydrogen) atoms. The van der Waals surface area contributed by atoms with Crippen molar-refractivity contribution >= 4 is 11.8 Å². The lowest BCUT2D eigenvalue weighted by Gasteiger charge is -2.31. The predicted octanol–water partition coefficient (Wildman–Crippen LogP) is 2.09. The van der Waals surface area contributed by atoms with E-state index in [0.717, 1.165) is 49.9 Å². The second-order valence-corrected chi connectivity index (χ2v) is 8.23. The first kappa shape index (κ1) is 19.2. The van der Waals surface area contributed by atoms with Crippen LogP contribution in [0.4, 0.5) is 0 Å². The molecule has 0 unspecified atom stereocenters. The Balaban J connectivity index is 1.48. The van der Waals surface area contributed by atoms with Gasteiger partial charge in [0.2, 0.25) is 11.8 Å². The summed E-state index contributed by atoms with van der Waals surface area (Å²) in [5.74, 6) is 0.595. The van der Waals surface area contributed by atoms with Crippen molar-refractivity contribution in [3.05, 3.63) is 22.9 Å². The number of rotatable bonds is 5. The van der Waals surface area contributed by atoms with Gasteiger partial charge in [-0.3, -0.25) is 14.5 Å². The number of aromatic nitrogens is 1. The topological polar surface area (TPSA) is 74.8 Å². The number of hydrogen-bond donors (Lipinski definition) is 1. The van der Waals surface area contributed by atoms with Gasteiger partial charge in [0.25, 0.3) is 5.91 Å². The van der Waals surface area contributed by atoms with Gasteiger partial charge in [0.1, 0.15) is 0 Å². The molecule has 1 aromatic rings. The van der Waals surface area contributed by atoms with E-state index in [-0.39, 0.29) is 17.9 Å². The number of carbonyl (C=O) groups excluding carboxylic acids is 2. The Morgan fingerprint density at radius 3 is 2.71 bits per heavy atom. The van der Waals surface area contributed by atoms with Gasteiger partial charge in [0.15, 0.2) is 0 Å². The summed E-state index contributed by atoms with van der Waals surface area (Å²) in [6.07, 6.45) is 7.64. The van der Waals surface area contributed by atoms with E-state index in [1.807, 2.05) is 18.0 Å². The highest BCUT2D eigenvalue weighted by atomic mass is 16.5. The number of piperidine rings is 1. The van der Waals surface area contributed by atoms with Crippen LogP contribution >= 0.6 is 0 Å². The van der Waals surface area contributed by atoms with Crippen molar-refractivity contribution < 1.29 is 14.3 Å². The molecule has 4 rings (SSSR count). The molecule has 2 amide bonds. The van der Waals surface area contributed by atoms with E-state index in [2.05, 4.69) is 15.2 Å². The van der Waals surface area contributed by atoms with E-state index in [0.29, 0.717) is 30.6 Å². The zero-order valence-corrected chi connectivity index (χ0v) is 16.9. The Labute approximate surface area is 166 Å². The van der Waals surface area contributed by atoms with Gasteiger partial charge in [0.05, 0.1) is 31.0 Å². The average molecular weight is 386 g/mol. The van der Waals surface area contributed by atoms with Crippen LogP contribution in [0.2, 0.25) is 0 Å².